The van der Waals surface area contributed by atoms with Crippen molar-refractivity contribution in [2.45, 2.75) is 32.9 Å². The average Bonchev–Trinajstić information content (AvgIpc) is 3.23. The van der Waals surface area contributed by atoms with Gasteiger partial charge in [-0.3, -0.25) is 0 Å². The second kappa shape index (κ2) is 7.06. The van der Waals surface area contributed by atoms with Crippen LogP contribution in [0.3, 0.4) is 0 Å². The molecule has 0 aromatic carbocycles. The Morgan fingerprint density at radius 1 is 1.35 bits per heavy atom. The molecule has 7 heteroatoms. The summed E-state index contributed by atoms with van der Waals surface area (Å²) in [4.78, 5) is 14.4. The molecule has 0 unspecified atom stereocenters. The van der Waals surface area contributed by atoms with Crippen LogP contribution in [0.2, 0.25) is 0 Å². The van der Waals surface area contributed by atoms with Crippen LogP contribution in [0.25, 0.3) is 11.2 Å². The summed E-state index contributed by atoms with van der Waals surface area (Å²) in [6, 6.07) is 4.09. The Bertz CT molecular complexity index is 755. The van der Waals surface area contributed by atoms with Crippen LogP contribution in [0.5, 0.6) is 0 Å². The van der Waals surface area contributed by atoms with Gasteiger partial charge in [-0.1, -0.05) is 26.3 Å². The molecule has 0 aliphatic heterocycles. The first kappa shape index (κ1) is 15.9. The fourth-order valence-corrected chi connectivity index (χ4v) is 3.27. The van der Waals surface area contributed by atoms with Crippen LogP contribution in [0.4, 0.5) is 5.82 Å². The Kier molecular flexibility index (Phi) is 4.88. The van der Waals surface area contributed by atoms with Crippen LogP contribution in [0, 0.1) is 5.92 Å². The van der Waals surface area contributed by atoms with Gasteiger partial charge in [-0.2, -0.15) is 0 Å². The predicted molar refractivity (Wildman–Crippen MR) is 92.5 cm³/mol. The van der Waals surface area contributed by atoms with Crippen LogP contribution in [0.1, 0.15) is 31.2 Å². The van der Waals surface area contributed by atoms with Gasteiger partial charge in [-0.25, -0.2) is 15.0 Å². The predicted octanol–water partition coefficient (Wildman–Crippen LogP) is 3.08. The minimum Gasteiger partial charge on any atom is -0.394 e. The van der Waals surface area contributed by atoms with Crippen LogP contribution < -0.4 is 5.32 Å². The number of aliphatic hydroxyl groups excluding tert-OH is 1. The molecule has 3 aromatic rings. The maximum absolute atomic E-state index is 9.75. The molecule has 0 amide bonds. The van der Waals surface area contributed by atoms with Gasteiger partial charge in [0, 0.05) is 4.88 Å². The zero-order valence-electron chi connectivity index (χ0n) is 13.3. The highest BCUT2D eigenvalue weighted by atomic mass is 32.1. The fraction of sp³-hybridized carbons (Fsp3) is 0.438. The molecule has 0 saturated carbocycles. The van der Waals surface area contributed by atoms with E-state index in [1.165, 1.54) is 4.88 Å². The molecule has 0 aliphatic rings. The second-order valence-corrected chi connectivity index (χ2v) is 6.65. The van der Waals surface area contributed by atoms with Gasteiger partial charge in [0.15, 0.2) is 11.5 Å². The molecule has 0 bridgehead atoms. The molecule has 2 N–H and O–H groups in total. The van der Waals surface area contributed by atoms with E-state index in [4.69, 9.17) is 0 Å². The van der Waals surface area contributed by atoms with E-state index in [9.17, 15) is 5.11 Å². The Morgan fingerprint density at radius 3 is 2.91 bits per heavy atom. The van der Waals surface area contributed by atoms with Crippen molar-refractivity contribution in [3.05, 3.63) is 35.0 Å². The van der Waals surface area contributed by atoms with Crippen molar-refractivity contribution < 1.29 is 5.11 Å². The van der Waals surface area contributed by atoms with E-state index in [-0.39, 0.29) is 12.6 Å². The molecule has 0 radical (unpaired) electrons. The summed E-state index contributed by atoms with van der Waals surface area (Å²) in [6.07, 6.45) is 4.28. The van der Waals surface area contributed by atoms with Gasteiger partial charge in [0.05, 0.1) is 25.5 Å². The quantitative estimate of drug-likeness (QED) is 0.696. The fourth-order valence-electron chi connectivity index (χ4n) is 2.62. The van der Waals surface area contributed by atoms with Crippen molar-refractivity contribution in [2.75, 3.05) is 11.9 Å². The number of imidazole rings is 1. The van der Waals surface area contributed by atoms with Gasteiger partial charge in [-0.15, -0.1) is 11.3 Å². The highest BCUT2D eigenvalue weighted by Gasteiger charge is 2.21. The van der Waals surface area contributed by atoms with Gasteiger partial charge in [-0.05, 0) is 17.4 Å². The normalized spacial score (nSPS) is 14.0. The molecule has 6 nitrogen and oxygen atoms in total. The van der Waals surface area contributed by atoms with Crippen molar-refractivity contribution in [1.29, 1.82) is 0 Å². The van der Waals surface area contributed by atoms with E-state index in [1.54, 1.807) is 24.0 Å². The largest absolute Gasteiger partial charge is 0.394 e. The summed E-state index contributed by atoms with van der Waals surface area (Å²) < 4.78 is 1.96. The summed E-state index contributed by atoms with van der Waals surface area (Å²) in [6.45, 7) is 5.03. The van der Waals surface area contributed by atoms with Crippen molar-refractivity contribution in [3.8, 4) is 0 Å². The summed E-state index contributed by atoms with van der Waals surface area (Å²) in [5.74, 6) is 1.07. The number of aromatic nitrogens is 4. The van der Waals surface area contributed by atoms with Crippen LogP contribution in [-0.4, -0.2) is 31.2 Å². The van der Waals surface area contributed by atoms with E-state index in [2.05, 4.69) is 45.6 Å². The smallest absolute Gasteiger partial charge is 0.165 e. The molecular weight excluding hydrogens is 310 g/mol. The van der Waals surface area contributed by atoms with Crippen LogP contribution in [-0.2, 0) is 6.54 Å². The first-order valence-corrected chi connectivity index (χ1v) is 8.67. The highest BCUT2D eigenvalue weighted by molar-refractivity contribution is 7.09. The standard InChI is InChI=1S/C16H21N5OS/c1-3-11(2)13(8-22)21-10-20-14-15(18-9-19-16(14)21)17-7-12-5-4-6-23-12/h4-6,9-11,13,22H,3,7-8H2,1-2H3,(H,17,18,19)/t11-,13+/m0/s1. The lowest BCUT2D eigenvalue weighted by atomic mass is 10.00. The molecule has 0 aliphatic carbocycles. The number of aliphatic hydroxyl groups is 1. The van der Waals surface area contributed by atoms with Crippen LogP contribution >= 0.6 is 11.3 Å². The van der Waals surface area contributed by atoms with E-state index in [0.29, 0.717) is 12.5 Å². The average molecular weight is 331 g/mol. The van der Waals surface area contributed by atoms with Crippen molar-refractivity contribution in [1.82, 2.24) is 19.5 Å². The van der Waals surface area contributed by atoms with Crippen molar-refractivity contribution in [2.24, 2.45) is 5.92 Å². The number of hydrogen-bond donors (Lipinski definition) is 2. The number of anilines is 1. The lowest BCUT2D eigenvalue weighted by Crippen LogP contribution is -2.20. The zero-order chi connectivity index (χ0) is 16.2. The number of thiophene rings is 1. The van der Waals surface area contributed by atoms with E-state index in [1.807, 2.05) is 10.6 Å². The maximum atomic E-state index is 9.75. The second-order valence-electron chi connectivity index (χ2n) is 5.61. The van der Waals surface area contributed by atoms with E-state index >= 15 is 0 Å². The van der Waals surface area contributed by atoms with Gasteiger partial charge < -0.3 is 15.0 Å². The summed E-state index contributed by atoms with van der Waals surface area (Å²) in [7, 11) is 0. The Labute approximate surface area is 139 Å². The Balaban J connectivity index is 1.90. The molecule has 3 aromatic heterocycles. The molecule has 0 saturated heterocycles. The van der Waals surface area contributed by atoms with Gasteiger partial charge in [0.1, 0.15) is 11.8 Å². The Hall–Kier alpha value is -1.99. The summed E-state index contributed by atoms with van der Waals surface area (Å²) in [5, 5.41) is 15.1. The topological polar surface area (TPSA) is 75.9 Å². The Morgan fingerprint density at radius 2 is 2.22 bits per heavy atom. The highest BCUT2D eigenvalue weighted by Crippen LogP contribution is 2.26. The summed E-state index contributed by atoms with van der Waals surface area (Å²) in [5.41, 5.74) is 1.50. The maximum Gasteiger partial charge on any atom is 0.165 e. The molecule has 122 valence electrons. The zero-order valence-corrected chi connectivity index (χ0v) is 14.1. The molecule has 3 rings (SSSR count). The molecule has 2 atom stereocenters. The van der Waals surface area contributed by atoms with Crippen LogP contribution in [0.15, 0.2) is 30.2 Å². The monoisotopic (exact) mass is 331 g/mol. The number of rotatable bonds is 7. The SMILES string of the molecule is CC[C@H](C)[C@@H](CO)n1cnc2c(NCc3cccs3)ncnc21. The molecule has 0 spiro atoms. The number of hydrogen-bond acceptors (Lipinski definition) is 6. The molecular formula is C16H21N5OS. The molecule has 0 fully saturated rings. The third kappa shape index (κ3) is 3.20. The first-order chi connectivity index (χ1) is 11.2. The van der Waals surface area contributed by atoms with Crippen molar-refractivity contribution >= 4 is 28.3 Å². The van der Waals surface area contributed by atoms with E-state index in [0.717, 1.165) is 23.4 Å². The molecule has 23 heavy (non-hydrogen) atoms. The number of nitrogens with zero attached hydrogens (tertiary/aromatic N) is 4. The third-order valence-electron chi connectivity index (χ3n) is 4.21. The van der Waals surface area contributed by atoms with Gasteiger partial charge in [0.25, 0.3) is 0 Å². The van der Waals surface area contributed by atoms with Gasteiger partial charge in [0.2, 0.25) is 0 Å². The minimum atomic E-state index is -0.0231. The lowest BCUT2D eigenvalue weighted by molar-refractivity contribution is 0.186. The van der Waals surface area contributed by atoms with E-state index < -0.39 is 0 Å². The van der Waals surface area contributed by atoms with Crippen molar-refractivity contribution in [3.63, 3.8) is 0 Å². The lowest BCUT2D eigenvalue weighted by Gasteiger charge is -2.22. The number of nitrogens with one attached hydrogen (secondary N) is 1. The third-order valence-corrected chi connectivity index (χ3v) is 5.09. The minimum absolute atomic E-state index is 0.0231. The molecule has 3 heterocycles. The number of fused-ring (bicyclic) bond motifs is 1. The first-order valence-electron chi connectivity index (χ1n) is 7.79. The van der Waals surface area contributed by atoms with Gasteiger partial charge >= 0.3 is 0 Å². The summed E-state index contributed by atoms with van der Waals surface area (Å²) >= 11 is 1.70.